The maximum Gasteiger partial charge on any atom is 0.265 e. The van der Waals surface area contributed by atoms with Crippen LogP contribution in [-0.2, 0) is 4.79 Å². The topological polar surface area (TPSA) is 91.4 Å². The van der Waals surface area contributed by atoms with Gasteiger partial charge in [-0.1, -0.05) is 29.5 Å². The second-order valence-corrected chi connectivity index (χ2v) is 6.23. The second-order valence-electron chi connectivity index (χ2n) is 5.23. The van der Waals surface area contributed by atoms with Crippen LogP contribution in [-0.4, -0.2) is 48.2 Å². The molecule has 126 valence electrons. The first-order valence-electron chi connectivity index (χ1n) is 7.20. The number of thiazole rings is 1. The minimum absolute atomic E-state index is 0.164. The smallest absolute Gasteiger partial charge is 0.265 e. The monoisotopic (exact) mass is 346 g/mol. The Labute approximate surface area is 143 Å². The zero-order chi connectivity index (χ0) is 17.7. The molecule has 0 aliphatic heterocycles. The summed E-state index contributed by atoms with van der Waals surface area (Å²) < 4.78 is 0. The average molecular weight is 346 g/mol. The molecule has 3 amide bonds. The summed E-state index contributed by atoms with van der Waals surface area (Å²) in [5.41, 5.74) is 1.04. The van der Waals surface area contributed by atoms with Crippen molar-refractivity contribution in [2.24, 2.45) is 0 Å². The van der Waals surface area contributed by atoms with Crippen molar-refractivity contribution in [1.29, 1.82) is 0 Å². The van der Waals surface area contributed by atoms with Crippen molar-refractivity contribution in [2.45, 2.75) is 6.92 Å². The summed E-state index contributed by atoms with van der Waals surface area (Å²) in [7, 11) is 3.30. The summed E-state index contributed by atoms with van der Waals surface area (Å²) in [4.78, 5) is 41.8. The Hall–Kier alpha value is -2.74. The van der Waals surface area contributed by atoms with E-state index >= 15 is 0 Å². The van der Waals surface area contributed by atoms with Gasteiger partial charge in [0.15, 0.2) is 5.13 Å². The van der Waals surface area contributed by atoms with Gasteiger partial charge in [-0.05, 0) is 19.1 Å². The molecule has 7 nitrogen and oxygen atoms in total. The van der Waals surface area contributed by atoms with E-state index in [1.807, 2.05) is 0 Å². The normalized spacial score (nSPS) is 10.1. The maximum atomic E-state index is 12.0. The molecule has 0 aliphatic carbocycles. The molecule has 2 aromatic rings. The van der Waals surface area contributed by atoms with Gasteiger partial charge in [0.1, 0.15) is 4.88 Å². The highest BCUT2D eigenvalue weighted by molar-refractivity contribution is 7.17. The Morgan fingerprint density at radius 1 is 1.17 bits per heavy atom. The van der Waals surface area contributed by atoms with Gasteiger partial charge >= 0.3 is 0 Å². The van der Waals surface area contributed by atoms with E-state index in [0.717, 1.165) is 11.3 Å². The molecule has 0 saturated heterocycles. The number of carbonyl (C=O) groups excluding carboxylic acids is 3. The molecule has 0 spiro atoms. The van der Waals surface area contributed by atoms with Crippen molar-refractivity contribution in [1.82, 2.24) is 15.2 Å². The predicted octanol–water partition coefficient (Wildman–Crippen LogP) is 1.52. The van der Waals surface area contributed by atoms with Crippen LogP contribution in [0.1, 0.15) is 25.7 Å². The summed E-state index contributed by atoms with van der Waals surface area (Å²) in [6.45, 7) is 1.53. The van der Waals surface area contributed by atoms with Crippen molar-refractivity contribution in [3.63, 3.8) is 0 Å². The summed E-state index contributed by atoms with van der Waals surface area (Å²) in [5.74, 6) is -0.899. The largest absolute Gasteiger partial charge is 0.344 e. The lowest BCUT2D eigenvalue weighted by Gasteiger charge is -2.07. The molecule has 0 unspecified atom stereocenters. The quantitative estimate of drug-likeness (QED) is 0.859. The Morgan fingerprint density at radius 2 is 1.83 bits per heavy atom. The molecule has 1 aromatic heterocycles. The molecular formula is C16H18N4O3S. The van der Waals surface area contributed by atoms with Crippen molar-refractivity contribution in [3.8, 4) is 0 Å². The van der Waals surface area contributed by atoms with Crippen molar-refractivity contribution in [2.75, 3.05) is 26.0 Å². The molecule has 0 bridgehead atoms. The summed E-state index contributed by atoms with van der Waals surface area (Å²) in [5, 5.41) is 5.45. The van der Waals surface area contributed by atoms with Gasteiger partial charge in [-0.25, -0.2) is 4.98 Å². The number of aromatic nitrogens is 1. The van der Waals surface area contributed by atoms with E-state index < -0.39 is 5.91 Å². The van der Waals surface area contributed by atoms with E-state index in [-0.39, 0.29) is 18.4 Å². The van der Waals surface area contributed by atoms with Crippen LogP contribution in [0.15, 0.2) is 30.3 Å². The highest BCUT2D eigenvalue weighted by Crippen LogP contribution is 2.23. The lowest BCUT2D eigenvalue weighted by molar-refractivity contribution is -0.115. The molecule has 0 fully saturated rings. The summed E-state index contributed by atoms with van der Waals surface area (Å²) >= 11 is 1.11. The number of anilines is 1. The Bertz CT molecular complexity index is 756. The van der Waals surface area contributed by atoms with Gasteiger partial charge in [0, 0.05) is 19.7 Å². The highest BCUT2D eigenvalue weighted by atomic mass is 32.1. The van der Waals surface area contributed by atoms with Gasteiger partial charge in [-0.2, -0.15) is 0 Å². The first-order chi connectivity index (χ1) is 11.4. The number of amides is 3. The first kappa shape index (κ1) is 17.6. The van der Waals surface area contributed by atoms with E-state index in [2.05, 4.69) is 15.6 Å². The third kappa shape index (κ3) is 4.39. The molecule has 0 saturated carbocycles. The van der Waals surface area contributed by atoms with Crippen LogP contribution in [0, 0.1) is 6.92 Å². The number of benzene rings is 1. The van der Waals surface area contributed by atoms with Crippen molar-refractivity contribution >= 4 is 34.2 Å². The van der Waals surface area contributed by atoms with Crippen molar-refractivity contribution in [3.05, 3.63) is 46.5 Å². The molecular weight excluding hydrogens is 328 g/mol. The van der Waals surface area contributed by atoms with E-state index in [4.69, 9.17) is 0 Å². The molecule has 2 N–H and O–H groups in total. The van der Waals surface area contributed by atoms with Crippen LogP contribution in [0.2, 0.25) is 0 Å². The Morgan fingerprint density at radius 3 is 2.46 bits per heavy atom. The van der Waals surface area contributed by atoms with Gasteiger partial charge in [0.25, 0.3) is 11.8 Å². The van der Waals surface area contributed by atoms with Gasteiger partial charge in [-0.3, -0.25) is 14.4 Å². The third-order valence-corrected chi connectivity index (χ3v) is 4.15. The van der Waals surface area contributed by atoms with Crippen LogP contribution < -0.4 is 10.6 Å². The molecule has 2 rings (SSSR count). The number of aryl methyl sites for hydroxylation is 1. The third-order valence-electron chi connectivity index (χ3n) is 3.09. The maximum absolute atomic E-state index is 12.0. The van der Waals surface area contributed by atoms with E-state index in [0.29, 0.717) is 21.3 Å². The van der Waals surface area contributed by atoms with Crippen LogP contribution in [0.25, 0.3) is 0 Å². The molecule has 8 heteroatoms. The van der Waals surface area contributed by atoms with Gasteiger partial charge in [0.05, 0.1) is 12.2 Å². The molecule has 1 heterocycles. The first-order valence-corrected chi connectivity index (χ1v) is 8.02. The fraction of sp³-hybridized carbons (Fsp3) is 0.250. The fourth-order valence-corrected chi connectivity index (χ4v) is 2.87. The number of hydrogen-bond donors (Lipinski definition) is 2. The SMILES string of the molecule is Cc1nc(NC(=O)CNC(=O)c2ccccc2)sc1C(=O)N(C)C. The highest BCUT2D eigenvalue weighted by Gasteiger charge is 2.18. The van der Waals surface area contributed by atoms with Gasteiger partial charge in [-0.15, -0.1) is 0 Å². The van der Waals surface area contributed by atoms with E-state index in [1.165, 1.54) is 4.90 Å². The lowest BCUT2D eigenvalue weighted by atomic mass is 10.2. The minimum atomic E-state index is -0.406. The summed E-state index contributed by atoms with van der Waals surface area (Å²) in [6, 6.07) is 8.63. The van der Waals surface area contributed by atoms with Crippen LogP contribution >= 0.6 is 11.3 Å². The average Bonchev–Trinajstić information content (AvgIpc) is 2.92. The Kier molecular flexibility index (Phi) is 5.64. The number of rotatable bonds is 5. The Balaban J connectivity index is 1.92. The fourth-order valence-electron chi connectivity index (χ4n) is 1.87. The van der Waals surface area contributed by atoms with Gasteiger partial charge in [0.2, 0.25) is 5.91 Å². The van der Waals surface area contributed by atoms with Crippen LogP contribution in [0.3, 0.4) is 0 Å². The van der Waals surface area contributed by atoms with Crippen LogP contribution in [0.4, 0.5) is 5.13 Å². The van der Waals surface area contributed by atoms with E-state index in [9.17, 15) is 14.4 Å². The number of carbonyl (C=O) groups is 3. The number of nitrogens with zero attached hydrogens (tertiary/aromatic N) is 2. The molecule has 0 atom stereocenters. The summed E-state index contributed by atoms with van der Waals surface area (Å²) in [6.07, 6.45) is 0. The van der Waals surface area contributed by atoms with E-state index in [1.54, 1.807) is 51.4 Å². The second kappa shape index (κ2) is 7.69. The number of nitrogens with one attached hydrogen (secondary N) is 2. The predicted molar refractivity (Wildman–Crippen MR) is 92.3 cm³/mol. The zero-order valence-corrected chi connectivity index (χ0v) is 14.4. The lowest BCUT2D eigenvalue weighted by Crippen LogP contribution is -2.32. The van der Waals surface area contributed by atoms with Crippen LogP contribution in [0.5, 0.6) is 0 Å². The molecule has 0 radical (unpaired) electrons. The molecule has 24 heavy (non-hydrogen) atoms. The van der Waals surface area contributed by atoms with Crippen molar-refractivity contribution < 1.29 is 14.4 Å². The number of hydrogen-bond acceptors (Lipinski definition) is 5. The minimum Gasteiger partial charge on any atom is -0.344 e. The van der Waals surface area contributed by atoms with Gasteiger partial charge < -0.3 is 15.5 Å². The molecule has 0 aliphatic rings. The standard InChI is InChI=1S/C16H18N4O3S/c1-10-13(15(23)20(2)3)24-16(18-10)19-12(21)9-17-14(22)11-7-5-4-6-8-11/h4-8H,9H2,1-3H3,(H,17,22)(H,18,19,21). The molecule has 1 aromatic carbocycles. The zero-order valence-electron chi connectivity index (χ0n) is 13.6.